The molecule has 10 heteroatoms. The molecule has 182 valence electrons. The highest BCUT2D eigenvalue weighted by Gasteiger charge is 2.12. The molecule has 4 aromatic carbocycles. The highest BCUT2D eigenvalue weighted by molar-refractivity contribution is 9.11. The summed E-state index contributed by atoms with van der Waals surface area (Å²) in [5, 5.41) is 9.34. The molecule has 2 N–H and O–H groups in total. The SMILES string of the molecule is O=C(COc1c(Br)cc(/C=N/NC(=O)c2cccc3ccccc23)cc1Br)Nc1ccc(Cl)c(Cl)c1. The second kappa shape index (κ2) is 11.9. The van der Waals surface area contributed by atoms with Gasteiger partial charge in [-0.1, -0.05) is 59.6 Å². The van der Waals surface area contributed by atoms with Gasteiger partial charge in [-0.05, 0) is 84.6 Å². The first kappa shape index (κ1) is 26.2. The Labute approximate surface area is 233 Å². The number of carbonyl (C=O) groups is 2. The van der Waals surface area contributed by atoms with Crippen LogP contribution in [0, 0.1) is 0 Å². The van der Waals surface area contributed by atoms with Crippen molar-refractivity contribution in [1.82, 2.24) is 5.43 Å². The van der Waals surface area contributed by atoms with E-state index in [9.17, 15) is 9.59 Å². The number of amides is 2. The van der Waals surface area contributed by atoms with Crippen molar-refractivity contribution in [1.29, 1.82) is 0 Å². The zero-order valence-corrected chi connectivity index (χ0v) is 23.1. The van der Waals surface area contributed by atoms with Crippen LogP contribution in [-0.4, -0.2) is 24.6 Å². The van der Waals surface area contributed by atoms with Crippen molar-refractivity contribution >= 4 is 89.6 Å². The molecule has 6 nitrogen and oxygen atoms in total. The molecule has 0 saturated heterocycles. The maximum absolute atomic E-state index is 12.6. The Morgan fingerprint density at radius 1 is 0.917 bits per heavy atom. The van der Waals surface area contributed by atoms with Gasteiger partial charge in [-0.25, -0.2) is 5.43 Å². The number of nitrogens with one attached hydrogen (secondary N) is 2. The first-order chi connectivity index (χ1) is 17.3. The molecule has 0 aliphatic rings. The lowest BCUT2D eigenvalue weighted by atomic mass is 10.0. The van der Waals surface area contributed by atoms with Gasteiger partial charge in [0.15, 0.2) is 6.61 Å². The van der Waals surface area contributed by atoms with Gasteiger partial charge in [0.05, 0.1) is 25.2 Å². The molecule has 0 spiro atoms. The maximum Gasteiger partial charge on any atom is 0.271 e. The molecule has 0 aliphatic carbocycles. The molecule has 0 saturated carbocycles. The molecule has 0 aliphatic heterocycles. The summed E-state index contributed by atoms with van der Waals surface area (Å²) >= 11 is 18.8. The number of hydrogen-bond acceptors (Lipinski definition) is 4. The van der Waals surface area contributed by atoms with Crippen LogP contribution in [0.25, 0.3) is 10.8 Å². The van der Waals surface area contributed by atoms with E-state index in [-0.39, 0.29) is 18.4 Å². The van der Waals surface area contributed by atoms with Crippen molar-refractivity contribution in [3.05, 3.63) is 103 Å². The van der Waals surface area contributed by atoms with Gasteiger partial charge in [-0.15, -0.1) is 0 Å². The molecule has 0 radical (unpaired) electrons. The lowest BCUT2D eigenvalue weighted by molar-refractivity contribution is -0.118. The van der Waals surface area contributed by atoms with Crippen LogP contribution in [-0.2, 0) is 4.79 Å². The Balaban J connectivity index is 1.37. The molecule has 2 amide bonds. The van der Waals surface area contributed by atoms with E-state index in [4.69, 9.17) is 27.9 Å². The predicted molar refractivity (Wildman–Crippen MR) is 151 cm³/mol. The third-order valence-corrected chi connectivity index (χ3v) is 6.90. The third kappa shape index (κ3) is 6.44. The van der Waals surface area contributed by atoms with Crippen LogP contribution in [0.2, 0.25) is 10.0 Å². The van der Waals surface area contributed by atoms with Crippen molar-refractivity contribution in [2.24, 2.45) is 5.10 Å². The molecule has 0 atom stereocenters. The van der Waals surface area contributed by atoms with Gasteiger partial charge in [-0.3, -0.25) is 9.59 Å². The Kier molecular flexibility index (Phi) is 8.64. The molecule has 0 fully saturated rings. The summed E-state index contributed by atoms with van der Waals surface area (Å²) in [6.07, 6.45) is 1.51. The number of hydrogen-bond donors (Lipinski definition) is 2. The second-order valence-corrected chi connectivity index (χ2v) is 10.0. The quantitative estimate of drug-likeness (QED) is 0.161. The number of anilines is 1. The molecule has 0 aromatic heterocycles. The van der Waals surface area contributed by atoms with E-state index >= 15 is 0 Å². The Bertz CT molecular complexity index is 1470. The molecular weight excluding hydrogens is 633 g/mol. The van der Waals surface area contributed by atoms with Gasteiger partial charge in [0.1, 0.15) is 5.75 Å². The predicted octanol–water partition coefficient (Wildman–Crippen LogP) is 7.45. The van der Waals surface area contributed by atoms with Crippen molar-refractivity contribution in [2.45, 2.75) is 0 Å². The summed E-state index contributed by atoms with van der Waals surface area (Å²) in [7, 11) is 0. The number of carbonyl (C=O) groups excluding carboxylic acids is 2. The number of nitrogens with zero attached hydrogens (tertiary/aromatic N) is 1. The first-order valence-corrected chi connectivity index (χ1v) is 12.8. The summed E-state index contributed by atoms with van der Waals surface area (Å²) in [5.41, 5.74) is 4.30. The Hall–Kier alpha value is -2.91. The zero-order valence-electron chi connectivity index (χ0n) is 18.4. The summed E-state index contributed by atoms with van der Waals surface area (Å²) in [4.78, 5) is 24.9. The smallest absolute Gasteiger partial charge is 0.271 e. The molecular formula is C26H17Br2Cl2N3O3. The number of benzene rings is 4. The lowest BCUT2D eigenvalue weighted by Crippen LogP contribution is -2.20. The minimum atomic E-state index is -0.367. The van der Waals surface area contributed by atoms with Crippen LogP contribution in [0.15, 0.2) is 86.8 Å². The molecule has 0 bridgehead atoms. The fourth-order valence-corrected chi connectivity index (χ4v) is 5.10. The van der Waals surface area contributed by atoms with Crippen molar-refractivity contribution in [2.75, 3.05) is 11.9 Å². The zero-order chi connectivity index (χ0) is 25.7. The summed E-state index contributed by atoms with van der Waals surface area (Å²) in [5.74, 6) is -0.237. The Morgan fingerprint density at radius 2 is 1.64 bits per heavy atom. The van der Waals surface area contributed by atoms with Crippen molar-refractivity contribution in [3.63, 3.8) is 0 Å². The van der Waals surface area contributed by atoms with Crippen LogP contribution < -0.4 is 15.5 Å². The number of ether oxygens (including phenoxy) is 1. The number of halogens is 4. The highest BCUT2D eigenvalue weighted by Crippen LogP contribution is 2.34. The van der Waals surface area contributed by atoms with E-state index in [0.29, 0.717) is 41.6 Å². The Morgan fingerprint density at radius 3 is 2.39 bits per heavy atom. The van der Waals surface area contributed by atoms with E-state index in [1.807, 2.05) is 36.4 Å². The normalized spacial score (nSPS) is 11.0. The van der Waals surface area contributed by atoms with Gasteiger partial charge in [0.25, 0.3) is 11.8 Å². The topological polar surface area (TPSA) is 79.8 Å². The van der Waals surface area contributed by atoms with E-state index in [1.54, 1.807) is 36.4 Å². The van der Waals surface area contributed by atoms with Gasteiger partial charge >= 0.3 is 0 Å². The standard InChI is InChI=1S/C26H17Br2Cl2N3O3/c27-20-10-15(13-31-33-26(35)19-7-3-5-16-4-1-2-6-18(16)19)11-21(28)25(20)36-14-24(34)32-17-8-9-22(29)23(30)12-17/h1-13H,14H2,(H,32,34)(H,33,35)/b31-13+. The summed E-state index contributed by atoms with van der Waals surface area (Å²) < 4.78 is 6.87. The molecule has 0 heterocycles. The fraction of sp³-hybridized carbons (Fsp3) is 0.0385. The average molecular weight is 650 g/mol. The van der Waals surface area contributed by atoms with Crippen LogP contribution in [0.4, 0.5) is 5.69 Å². The largest absolute Gasteiger partial charge is 0.481 e. The minimum Gasteiger partial charge on any atom is -0.481 e. The molecule has 4 rings (SSSR count). The van der Waals surface area contributed by atoms with E-state index in [1.165, 1.54) is 6.21 Å². The maximum atomic E-state index is 12.6. The van der Waals surface area contributed by atoms with Crippen molar-refractivity contribution < 1.29 is 14.3 Å². The van der Waals surface area contributed by atoms with E-state index in [2.05, 4.69) is 47.7 Å². The van der Waals surface area contributed by atoms with Gasteiger partial charge in [0.2, 0.25) is 0 Å². The molecule has 36 heavy (non-hydrogen) atoms. The minimum absolute atomic E-state index is 0.230. The number of fused-ring (bicyclic) bond motifs is 1. The first-order valence-electron chi connectivity index (χ1n) is 10.5. The van der Waals surface area contributed by atoms with Crippen LogP contribution in [0.5, 0.6) is 5.75 Å². The van der Waals surface area contributed by atoms with E-state index < -0.39 is 0 Å². The summed E-state index contributed by atoms with van der Waals surface area (Å²) in [6, 6.07) is 21.5. The monoisotopic (exact) mass is 647 g/mol. The third-order valence-electron chi connectivity index (χ3n) is 4.99. The highest BCUT2D eigenvalue weighted by atomic mass is 79.9. The van der Waals surface area contributed by atoms with Crippen LogP contribution in [0.3, 0.4) is 0 Å². The number of hydrazone groups is 1. The fourth-order valence-electron chi connectivity index (χ4n) is 3.35. The molecule has 4 aromatic rings. The second-order valence-electron chi connectivity index (χ2n) is 7.51. The average Bonchev–Trinajstić information content (AvgIpc) is 2.85. The molecule has 0 unspecified atom stereocenters. The summed E-state index contributed by atoms with van der Waals surface area (Å²) in [6.45, 7) is -0.230. The lowest BCUT2D eigenvalue weighted by Gasteiger charge is -2.12. The number of rotatable bonds is 7. The van der Waals surface area contributed by atoms with E-state index in [0.717, 1.165) is 10.8 Å². The van der Waals surface area contributed by atoms with Gasteiger partial charge in [0, 0.05) is 11.3 Å². The van der Waals surface area contributed by atoms with Crippen molar-refractivity contribution in [3.8, 4) is 5.75 Å². The van der Waals surface area contributed by atoms with Gasteiger partial charge < -0.3 is 10.1 Å². The van der Waals surface area contributed by atoms with Crippen LogP contribution >= 0.6 is 55.1 Å². The van der Waals surface area contributed by atoms with Gasteiger partial charge in [-0.2, -0.15) is 5.10 Å². The van der Waals surface area contributed by atoms with Crippen LogP contribution in [0.1, 0.15) is 15.9 Å².